The molecule has 0 saturated carbocycles. The Labute approximate surface area is 121 Å². The zero-order valence-electron chi connectivity index (χ0n) is 11.7. The molecular formula is C13H19N5OS. The number of nitrogens with zero attached hydrogens (tertiary/aromatic N) is 4. The maximum absolute atomic E-state index is 11.8. The lowest BCUT2D eigenvalue weighted by Gasteiger charge is -2.35. The van der Waals surface area contributed by atoms with E-state index in [2.05, 4.69) is 21.9 Å². The summed E-state index contributed by atoms with van der Waals surface area (Å²) in [6.45, 7) is 5.77. The Morgan fingerprint density at radius 1 is 1.55 bits per heavy atom. The molecule has 6 nitrogen and oxygen atoms in total. The molecule has 2 aromatic rings. The van der Waals surface area contributed by atoms with Crippen molar-refractivity contribution < 1.29 is 0 Å². The third-order valence-electron chi connectivity index (χ3n) is 3.81. The largest absolute Gasteiger partial charge is 0.328 e. The molecule has 0 aliphatic carbocycles. The third-order valence-corrected chi connectivity index (χ3v) is 4.70. The van der Waals surface area contributed by atoms with Crippen LogP contribution >= 0.6 is 11.3 Å². The van der Waals surface area contributed by atoms with Gasteiger partial charge in [-0.1, -0.05) is 11.3 Å². The summed E-state index contributed by atoms with van der Waals surface area (Å²) in [5, 5.41) is 5.32. The van der Waals surface area contributed by atoms with E-state index >= 15 is 0 Å². The summed E-state index contributed by atoms with van der Waals surface area (Å²) in [6, 6.07) is 2.28. The molecule has 0 aromatic carbocycles. The van der Waals surface area contributed by atoms with Crippen LogP contribution in [0, 0.1) is 6.92 Å². The number of likely N-dealkylation sites (tertiary alicyclic amines) is 1. The van der Waals surface area contributed by atoms with Crippen LogP contribution in [0.5, 0.6) is 0 Å². The van der Waals surface area contributed by atoms with Crippen LogP contribution < -0.4 is 11.3 Å². The average Bonchev–Trinajstić information content (AvgIpc) is 2.75. The first-order valence-electron chi connectivity index (χ1n) is 6.89. The second-order valence-corrected chi connectivity index (χ2v) is 6.57. The quantitative estimate of drug-likeness (QED) is 0.885. The van der Waals surface area contributed by atoms with Crippen LogP contribution in [-0.2, 0) is 6.54 Å². The van der Waals surface area contributed by atoms with E-state index in [1.54, 1.807) is 0 Å². The van der Waals surface area contributed by atoms with Gasteiger partial charge in [0, 0.05) is 30.4 Å². The van der Waals surface area contributed by atoms with Crippen molar-refractivity contribution in [2.75, 3.05) is 6.54 Å². The first-order chi connectivity index (χ1) is 9.52. The second-order valence-electron chi connectivity index (χ2n) is 5.53. The van der Waals surface area contributed by atoms with Gasteiger partial charge >= 0.3 is 0 Å². The number of aromatic nitrogens is 3. The van der Waals surface area contributed by atoms with Crippen molar-refractivity contribution in [2.24, 2.45) is 5.73 Å². The standard InChI is InChI=1S/C13H19N5OS/c1-8-5-12(19)18-13(15-8)20-11(16-18)7-17-4-3-10(14)6-9(17)2/h5,9-10H,3-4,6-7,14H2,1-2H3. The van der Waals surface area contributed by atoms with Gasteiger partial charge in [0.25, 0.3) is 5.56 Å². The Kier molecular flexibility index (Phi) is 3.57. The van der Waals surface area contributed by atoms with Crippen LogP contribution in [-0.4, -0.2) is 38.1 Å². The van der Waals surface area contributed by atoms with Crippen molar-refractivity contribution in [1.82, 2.24) is 19.5 Å². The Morgan fingerprint density at radius 2 is 2.35 bits per heavy atom. The van der Waals surface area contributed by atoms with E-state index in [9.17, 15) is 4.79 Å². The van der Waals surface area contributed by atoms with E-state index in [1.165, 1.54) is 21.9 Å². The first kappa shape index (κ1) is 13.7. The fourth-order valence-corrected chi connectivity index (χ4v) is 3.66. The molecule has 3 heterocycles. The van der Waals surface area contributed by atoms with Crippen LogP contribution in [0.1, 0.15) is 30.5 Å². The van der Waals surface area contributed by atoms with Crippen LogP contribution in [0.4, 0.5) is 0 Å². The van der Waals surface area contributed by atoms with E-state index in [4.69, 9.17) is 5.73 Å². The molecule has 7 heteroatoms. The Morgan fingerprint density at radius 3 is 3.10 bits per heavy atom. The predicted octanol–water partition coefficient (Wildman–Crippen LogP) is 0.771. The highest BCUT2D eigenvalue weighted by atomic mass is 32.1. The summed E-state index contributed by atoms with van der Waals surface area (Å²) in [6.07, 6.45) is 2.04. The summed E-state index contributed by atoms with van der Waals surface area (Å²) in [4.78, 5) is 19.3. The number of aryl methyl sites for hydroxylation is 1. The second kappa shape index (κ2) is 5.23. The van der Waals surface area contributed by atoms with Crippen molar-refractivity contribution >= 4 is 16.3 Å². The van der Waals surface area contributed by atoms with Gasteiger partial charge in [-0.05, 0) is 26.7 Å². The average molecular weight is 293 g/mol. The molecule has 2 unspecified atom stereocenters. The molecule has 2 N–H and O–H groups in total. The summed E-state index contributed by atoms with van der Waals surface area (Å²) < 4.78 is 1.40. The number of rotatable bonds is 2. The zero-order chi connectivity index (χ0) is 14.3. The molecule has 108 valence electrons. The lowest BCUT2D eigenvalue weighted by Crippen LogP contribution is -2.44. The highest BCUT2D eigenvalue weighted by molar-refractivity contribution is 7.16. The lowest BCUT2D eigenvalue weighted by atomic mass is 9.99. The number of nitrogens with two attached hydrogens (primary N) is 1. The first-order valence-corrected chi connectivity index (χ1v) is 7.70. The van der Waals surface area contributed by atoms with Crippen molar-refractivity contribution in [1.29, 1.82) is 0 Å². The van der Waals surface area contributed by atoms with E-state index in [-0.39, 0.29) is 5.56 Å². The summed E-state index contributed by atoms with van der Waals surface area (Å²) in [5.41, 5.74) is 6.61. The highest BCUT2D eigenvalue weighted by Crippen LogP contribution is 2.20. The minimum absolute atomic E-state index is 0.108. The van der Waals surface area contributed by atoms with Gasteiger partial charge in [-0.3, -0.25) is 9.69 Å². The molecule has 1 fully saturated rings. The molecular weight excluding hydrogens is 274 g/mol. The smallest absolute Gasteiger partial charge is 0.275 e. The number of hydrogen-bond donors (Lipinski definition) is 1. The fraction of sp³-hybridized carbons (Fsp3) is 0.615. The van der Waals surface area contributed by atoms with E-state index in [1.807, 2.05) is 6.92 Å². The minimum Gasteiger partial charge on any atom is -0.328 e. The van der Waals surface area contributed by atoms with E-state index in [0.29, 0.717) is 17.0 Å². The maximum Gasteiger partial charge on any atom is 0.275 e. The van der Waals surface area contributed by atoms with Gasteiger partial charge in [0.05, 0.1) is 6.54 Å². The SMILES string of the molecule is Cc1cc(=O)n2nc(CN3CCC(N)CC3C)sc2n1. The molecule has 2 atom stereocenters. The van der Waals surface area contributed by atoms with Crippen LogP contribution in [0.25, 0.3) is 4.96 Å². The molecule has 0 bridgehead atoms. The molecule has 0 radical (unpaired) electrons. The number of hydrogen-bond acceptors (Lipinski definition) is 6. The maximum atomic E-state index is 11.8. The third kappa shape index (κ3) is 2.61. The normalized spacial score (nSPS) is 24.4. The fourth-order valence-electron chi connectivity index (χ4n) is 2.69. The zero-order valence-corrected chi connectivity index (χ0v) is 12.6. The van der Waals surface area contributed by atoms with Gasteiger partial charge in [0.1, 0.15) is 5.01 Å². The van der Waals surface area contributed by atoms with Crippen LogP contribution in [0.2, 0.25) is 0 Å². The highest BCUT2D eigenvalue weighted by Gasteiger charge is 2.24. The molecule has 20 heavy (non-hydrogen) atoms. The molecule has 0 amide bonds. The van der Waals surface area contributed by atoms with Crippen LogP contribution in [0.15, 0.2) is 10.9 Å². The Balaban J connectivity index is 1.84. The lowest BCUT2D eigenvalue weighted by molar-refractivity contribution is 0.139. The monoisotopic (exact) mass is 293 g/mol. The molecule has 1 aliphatic rings. The van der Waals surface area contributed by atoms with Gasteiger partial charge in [0.15, 0.2) is 0 Å². The van der Waals surface area contributed by atoms with Crippen molar-refractivity contribution in [3.8, 4) is 0 Å². The summed E-state index contributed by atoms with van der Waals surface area (Å²) in [5.74, 6) is 0. The van der Waals surface area contributed by atoms with Gasteiger partial charge in [-0.2, -0.15) is 9.61 Å². The predicted molar refractivity (Wildman–Crippen MR) is 79.0 cm³/mol. The van der Waals surface area contributed by atoms with Crippen LogP contribution in [0.3, 0.4) is 0 Å². The van der Waals surface area contributed by atoms with E-state index in [0.717, 1.165) is 36.6 Å². The van der Waals surface area contributed by atoms with Crippen molar-refractivity contribution in [3.63, 3.8) is 0 Å². The molecule has 1 aliphatic heterocycles. The Bertz CT molecular complexity index is 679. The number of piperidine rings is 1. The van der Waals surface area contributed by atoms with Gasteiger partial charge in [0.2, 0.25) is 4.96 Å². The molecule has 2 aromatic heterocycles. The van der Waals surface area contributed by atoms with Crippen molar-refractivity contribution in [3.05, 3.63) is 27.1 Å². The van der Waals surface area contributed by atoms with Gasteiger partial charge < -0.3 is 5.73 Å². The summed E-state index contributed by atoms with van der Waals surface area (Å²) in [7, 11) is 0. The minimum atomic E-state index is -0.108. The van der Waals surface area contributed by atoms with Gasteiger partial charge in [-0.25, -0.2) is 4.98 Å². The molecule has 0 spiro atoms. The number of fused-ring (bicyclic) bond motifs is 1. The van der Waals surface area contributed by atoms with Crippen molar-refractivity contribution in [2.45, 2.75) is 45.3 Å². The Hall–Kier alpha value is -1.31. The molecule has 1 saturated heterocycles. The topological polar surface area (TPSA) is 76.5 Å². The summed E-state index contributed by atoms with van der Waals surface area (Å²) >= 11 is 1.49. The van der Waals surface area contributed by atoms with Gasteiger partial charge in [-0.15, -0.1) is 0 Å². The molecule has 3 rings (SSSR count). The van der Waals surface area contributed by atoms with E-state index < -0.39 is 0 Å².